The lowest BCUT2D eigenvalue weighted by Gasteiger charge is -2.38. The van der Waals surface area contributed by atoms with Crippen molar-refractivity contribution < 1.29 is 33.7 Å². The summed E-state index contributed by atoms with van der Waals surface area (Å²) in [6, 6.07) is 25.3. The molecule has 46 heavy (non-hydrogen) atoms. The van der Waals surface area contributed by atoms with Gasteiger partial charge in [-0.05, 0) is 60.2 Å². The molecule has 246 valence electrons. The average molecular weight is 632 g/mol. The summed E-state index contributed by atoms with van der Waals surface area (Å²) >= 11 is 0. The largest absolute Gasteiger partial charge is 0.497 e. The fourth-order valence-corrected chi connectivity index (χ4v) is 5.87. The van der Waals surface area contributed by atoms with Crippen molar-refractivity contribution in [1.82, 2.24) is 15.5 Å². The average Bonchev–Trinajstić information content (AvgIpc) is 3.46. The van der Waals surface area contributed by atoms with Crippen molar-refractivity contribution in [3.8, 4) is 11.5 Å². The van der Waals surface area contributed by atoms with Crippen molar-refractivity contribution in [1.29, 1.82) is 0 Å². The fourth-order valence-electron chi connectivity index (χ4n) is 5.87. The first kappa shape index (κ1) is 34.5. The molecule has 3 aromatic carbocycles. The van der Waals surface area contributed by atoms with Crippen LogP contribution in [-0.2, 0) is 24.7 Å². The number of likely N-dealkylation sites (tertiary alicyclic amines) is 1. The molecule has 0 saturated carbocycles. The number of hydrogen-bond acceptors (Lipinski definition) is 7. The van der Waals surface area contributed by atoms with Gasteiger partial charge in [0.15, 0.2) is 0 Å². The van der Waals surface area contributed by atoms with E-state index >= 15 is 0 Å². The number of aliphatic hydroxyl groups excluding tert-OH is 1. The van der Waals surface area contributed by atoms with Gasteiger partial charge in [-0.25, -0.2) is 0 Å². The van der Waals surface area contributed by atoms with Gasteiger partial charge >= 0.3 is 0 Å². The molecule has 0 radical (unpaired) electrons. The van der Waals surface area contributed by atoms with Crippen LogP contribution in [0.3, 0.4) is 0 Å². The number of methoxy groups -OCH3 is 2. The van der Waals surface area contributed by atoms with E-state index in [-0.39, 0.29) is 43.5 Å². The van der Waals surface area contributed by atoms with Gasteiger partial charge in [0.1, 0.15) is 17.1 Å². The normalized spacial score (nSPS) is 16.1. The minimum absolute atomic E-state index is 0.0287. The Morgan fingerprint density at radius 2 is 1.41 bits per heavy atom. The second-order valence-electron chi connectivity index (χ2n) is 11.5. The van der Waals surface area contributed by atoms with Gasteiger partial charge in [-0.2, -0.15) is 0 Å². The number of ether oxygens (including phenoxy) is 3. The molecule has 1 fully saturated rings. The number of hydrogen-bond donors (Lipinski definition) is 3. The maximum Gasteiger partial charge on any atom is 0.239 e. The number of unbranched alkanes of at least 4 members (excludes halogenated alkanes) is 2. The van der Waals surface area contributed by atoms with E-state index in [0.717, 1.165) is 41.0 Å². The first-order chi connectivity index (χ1) is 22.3. The molecule has 3 N–H and O–H groups in total. The maximum absolute atomic E-state index is 13.4. The maximum atomic E-state index is 13.4. The first-order valence-electron chi connectivity index (χ1n) is 15.7. The Labute approximate surface area is 271 Å². The van der Waals surface area contributed by atoms with Crippen molar-refractivity contribution in [3.63, 3.8) is 0 Å². The Hall–Kier alpha value is -4.41. The summed E-state index contributed by atoms with van der Waals surface area (Å²) in [5.41, 5.74) is 1.69. The van der Waals surface area contributed by atoms with Gasteiger partial charge in [0.05, 0.1) is 39.5 Å². The van der Waals surface area contributed by atoms with Gasteiger partial charge in [-0.1, -0.05) is 61.0 Å². The highest BCUT2D eigenvalue weighted by molar-refractivity contribution is 5.83. The highest BCUT2D eigenvalue weighted by Gasteiger charge is 2.41. The van der Waals surface area contributed by atoms with Crippen molar-refractivity contribution in [3.05, 3.63) is 95.6 Å². The molecule has 0 bridgehead atoms. The smallest absolute Gasteiger partial charge is 0.239 e. The van der Waals surface area contributed by atoms with Gasteiger partial charge in [0, 0.05) is 26.4 Å². The standard InChI is InChI=1S/C36H45N3O7/c1-26(40)38-23-34(42)37-21-9-5-8-12-35(43)39-24-31(41)22-30(39)25-46-36(27-10-6-4-7-11-27,28-13-17-32(44-2)18-14-28)29-15-19-33(45-3)20-16-29/h4,6-7,10-11,13-20,30-31,41H,5,8-9,12,21-25H2,1-3H3,(H,37,42)(H,38,40)/t30-,31+/m1/s1. The van der Waals surface area contributed by atoms with Crippen LogP contribution in [0.15, 0.2) is 78.9 Å². The van der Waals surface area contributed by atoms with E-state index in [0.29, 0.717) is 25.8 Å². The predicted octanol–water partition coefficient (Wildman–Crippen LogP) is 3.79. The summed E-state index contributed by atoms with van der Waals surface area (Å²) in [5.74, 6) is 0.929. The summed E-state index contributed by atoms with van der Waals surface area (Å²) in [6.07, 6.45) is 2.26. The molecular weight excluding hydrogens is 586 g/mol. The van der Waals surface area contributed by atoms with Gasteiger partial charge in [-0.3, -0.25) is 14.4 Å². The predicted molar refractivity (Wildman–Crippen MR) is 175 cm³/mol. The molecule has 0 aromatic heterocycles. The number of benzene rings is 3. The van der Waals surface area contributed by atoms with E-state index in [1.54, 1.807) is 19.1 Å². The van der Waals surface area contributed by atoms with Crippen molar-refractivity contribution in [2.45, 2.75) is 56.8 Å². The second-order valence-corrected chi connectivity index (χ2v) is 11.5. The molecular formula is C36H45N3O7. The monoisotopic (exact) mass is 631 g/mol. The molecule has 2 atom stereocenters. The highest BCUT2D eigenvalue weighted by atomic mass is 16.5. The number of β-amino-alcohol motifs (C(OH)–C–C–N with tert-alkyl or cyclic N) is 1. The van der Waals surface area contributed by atoms with Crippen molar-refractivity contribution in [2.75, 3.05) is 40.5 Å². The Kier molecular flexibility index (Phi) is 12.6. The Bertz CT molecular complexity index is 1370. The summed E-state index contributed by atoms with van der Waals surface area (Å²) in [7, 11) is 3.26. The lowest BCUT2D eigenvalue weighted by molar-refractivity contribution is -0.134. The van der Waals surface area contributed by atoms with E-state index in [4.69, 9.17) is 14.2 Å². The van der Waals surface area contributed by atoms with Crippen molar-refractivity contribution >= 4 is 17.7 Å². The summed E-state index contributed by atoms with van der Waals surface area (Å²) < 4.78 is 17.9. The number of carbonyl (C=O) groups is 3. The lowest BCUT2D eigenvalue weighted by Crippen LogP contribution is -2.42. The zero-order valence-electron chi connectivity index (χ0n) is 26.9. The Balaban J connectivity index is 1.49. The van der Waals surface area contributed by atoms with Crippen LogP contribution >= 0.6 is 0 Å². The molecule has 1 aliphatic rings. The zero-order valence-corrected chi connectivity index (χ0v) is 26.9. The fraction of sp³-hybridized carbons (Fsp3) is 0.417. The molecule has 1 aliphatic heterocycles. The third-order valence-corrected chi connectivity index (χ3v) is 8.27. The van der Waals surface area contributed by atoms with Crippen LogP contribution < -0.4 is 20.1 Å². The molecule has 3 aromatic rings. The van der Waals surface area contributed by atoms with E-state index in [1.165, 1.54) is 6.92 Å². The summed E-state index contributed by atoms with van der Waals surface area (Å²) in [5, 5.41) is 15.9. The lowest BCUT2D eigenvalue weighted by atomic mass is 9.80. The quantitative estimate of drug-likeness (QED) is 0.162. The molecule has 0 aliphatic carbocycles. The molecule has 0 unspecified atom stereocenters. The zero-order chi connectivity index (χ0) is 32.9. The molecule has 1 heterocycles. The van der Waals surface area contributed by atoms with Crippen LogP contribution in [0, 0.1) is 0 Å². The van der Waals surface area contributed by atoms with Gasteiger partial charge in [0.2, 0.25) is 17.7 Å². The van der Waals surface area contributed by atoms with Gasteiger partial charge in [-0.15, -0.1) is 0 Å². The van der Waals surface area contributed by atoms with Gasteiger partial charge < -0.3 is 34.9 Å². The summed E-state index contributed by atoms with van der Waals surface area (Å²) in [6.45, 7) is 2.26. The Morgan fingerprint density at radius 3 is 1.98 bits per heavy atom. The molecule has 4 rings (SSSR count). The van der Waals surface area contributed by atoms with Crippen molar-refractivity contribution in [2.24, 2.45) is 0 Å². The number of amides is 3. The van der Waals surface area contributed by atoms with Crippen LogP contribution in [0.5, 0.6) is 11.5 Å². The number of nitrogens with one attached hydrogen (secondary N) is 2. The molecule has 10 heteroatoms. The minimum atomic E-state index is -1.02. The summed E-state index contributed by atoms with van der Waals surface area (Å²) in [4.78, 5) is 37.8. The van der Waals surface area contributed by atoms with Crippen LogP contribution in [-0.4, -0.2) is 80.3 Å². The van der Waals surface area contributed by atoms with E-state index in [9.17, 15) is 19.5 Å². The number of nitrogens with zero attached hydrogens (tertiary/aromatic N) is 1. The Morgan fingerprint density at radius 1 is 0.826 bits per heavy atom. The number of rotatable bonds is 16. The van der Waals surface area contributed by atoms with E-state index < -0.39 is 11.7 Å². The third-order valence-electron chi connectivity index (χ3n) is 8.27. The minimum Gasteiger partial charge on any atom is -0.497 e. The molecule has 3 amide bonds. The van der Waals surface area contributed by atoms with Crippen LogP contribution in [0.4, 0.5) is 0 Å². The highest BCUT2D eigenvalue weighted by Crippen LogP contribution is 2.42. The SMILES string of the molecule is COc1ccc(C(OC[C@H]2C[C@H](O)CN2C(=O)CCCCCNC(=O)CNC(C)=O)(c2ccccc2)c2ccc(OC)cc2)cc1. The van der Waals surface area contributed by atoms with E-state index in [2.05, 4.69) is 10.6 Å². The molecule has 10 nitrogen and oxygen atoms in total. The second kappa shape index (κ2) is 16.8. The third kappa shape index (κ3) is 8.86. The topological polar surface area (TPSA) is 126 Å². The molecule has 0 spiro atoms. The van der Waals surface area contributed by atoms with Crippen LogP contribution in [0.1, 0.15) is 55.7 Å². The van der Waals surface area contributed by atoms with Gasteiger partial charge in [0.25, 0.3) is 0 Å². The number of aliphatic hydroxyl groups is 1. The molecule has 1 saturated heterocycles. The van der Waals surface area contributed by atoms with Crippen LogP contribution in [0.25, 0.3) is 0 Å². The van der Waals surface area contributed by atoms with E-state index in [1.807, 2.05) is 78.9 Å². The van der Waals surface area contributed by atoms with Crippen LogP contribution in [0.2, 0.25) is 0 Å². The number of carbonyl (C=O) groups excluding carboxylic acids is 3. The first-order valence-corrected chi connectivity index (χ1v) is 15.7.